The smallest absolute Gasteiger partial charge is 0.307 e. The molecule has 0 radical (unpaired) electrons. The predicted octanol–water partition coefficient (Wildman–Crippen LogP) is 3.47. The predicted molar refractivity (Wildman–Crippen MR) is 84.2 cm³/mol. The van der Waals surface area contributed by atoms with Gasteiger partial charge in [0.25, 0.3) is 0 Å². The molecule has 1 atom stereocenters. The summed E-state index contributed by atoms with van der Waals surface area (Å²) in [4.78, 5) is 10.6. The molecular weight excluding hydrogens is 262 g/mol. The molecule has 0 fully saturated rings. The van der Waals surface area contributed by atoms with Crippen molar-refractivity contribution in [1.82, 2.24) is 5.32 Å². The maximum absolute atomic E-state index is 10.6. The van der Waals surface area contributed by atoms with Crippen molar-refractivity contribution in [2.24, 2.45) is 0 Å². The number of benzene rings is 2. The molecule has 0 aromatic heterocycles. The summed E-state index contributed by atoms with van der Waals surface area (Å²) in [5, 5.41) is 12.3. The van der Waals surface area contributed by atoms with Gasteiger partial charge >= 0.3 is 5.97 Å². The molecule has 1 unspecified atom stereocenters. The van der Waals surface area contributed by atoms with Gasteiger partial charge in [-0.15, -0.1) is 0 Å². The molecule has 2 N–H and O–H groups in total. The summed E-state index contributed by atoms with van der Waals surface area (Å²) >= 11 is 0. The van der Waals surface area contributed by atoms with E-state index in [0.29, 0.717) is 0 Å². The summed E-state index contributed by atoms with van der Waals surface area (Å²) < 4.78 is 0. The lowest BCUT2D eigenvalue weighted by Gasteiger charge is -2.16. The number of carbonyl (C=O) groups is 1. The van der Waals surface area contributed by atoms with E-state index in [1.54, 1.807) is 0 Å². The van der Waals surface area contributed by atoms with Gasteiger partial charge in [0.2, 0.25) is 0 Å². The van der Waals surface area contributed by atoms with Crippen LogP contribution in [0.15, 0.2) is 48.5 Å². The largest absolute Gasteiger partial charge is 0.481 e. The summed E-state index contributed by atoms with van der Waals surface area (Å²) in [6.07, 6.45) is 0.0767. The third-order valence-electron chi connectivity index (χ3n) is 3.65. The van der Waals surface area contributed by atoms with E-state index in [4.69, 9.17) is 5.11 Å². The molecule has 0 saturated heterocycles. The highest BCUT2D eigenvalue weighted by Gasteiger charge is 2.07. The van der Waals surface area contributed by atoms with Crippen LogP contribution in [0.1, 0.15) is 35.2 Å². The molecule has 21 heavy (non-hydrogen) atoms. The molecule has 0 aliphatic carbocycles. The number of carboxylic acids is 1. The van der Waals surface area contributed by atoms with E-state index in [-0.39, 0.29) is 12.5 Å². The molecule has 110 valence electrons. The Morgan fingerprint density at radius 3 is 2.33 bits per heavy atom. The molecule has 0 saturated carbocycles. The highest BCUT2D eigenvalue weighted by atomic mass is 16.4. The van der Waals surface area contributed by atoms with Gasteiger partial charge in [0, 0.05) is 12.6 Å². The Balaban J connectivity index is 1.94. The Hall–Kier alpha value is -2.13. The van der Waals surface area contributed by atoms with Crippen molar-refractivity contribution in [1.29, 1.82) is 0 Å². The van der Waals surface area contributed by atoms with Gasteiger partial charge in [0.1, 0.15) is 0 Å². The average molecular weight is 283 g/mol. The topological polar surface area (TPSA) is 49.3 Å². The van der Waals surface area contributed by atoms with Crippen LogP contribution in [-0.2, 0) is 17.8 Å². The second-order valence-corrected chi connectivity index (χ2v) is 5.35. The van der Waals surface area contributed by atoms with Crippen molar-refractivity contribution in [3.63, 3.8) is 0 Å². The quantitative estimate of drug-likeness (QED) is 0.853. The van der Waals surface area contributed by atoms with Gasteiger partial charge in [0.05, 0.1) is 6.42 Å². The highest BCUT2D eigenvalue weighted by Crippen LogP contribution is 2.17. The van der Waals surface area contributed by atoms with Crippen molar-refractivity contribution in [2.45, 2.75) is 32.9 Å². The number of hydrogen-bond acceptors (Lipinski definition) is 2. The van der Waals surface area contributed by atoms with Crippen LogP contribution in [0, 0.1) is 6.92 Å². The molecule has 2 rings (SSSR count). The highest BCUT2D eigenvalue weighted by molar-refractivity contribution is 5.70. The Bertz CT molecular complexity index is 605. The van der Waals surface area contributed by atoms with Crippen molar-refractivity contribution in [3.8, 4) is 0 Å². The monoisotopic (exact) mass is 283 g/mol. The van der Waals surface area contributed by atoms with Crippen molar-refractivity contribution < 1.29 is 9.90 Å². The molecule has 0 aliphatic heterocycles. The molecule has 3 nitrogen and oxygen atoms in total. The molecule has 0 spiro atoms. The minimum Gasteiger partial charge on any atom is -0.481 e. The van der Waals surface area contributed by atoms with E-state index in [0.717, 1.165) is 17.7 Å². The lowest BCUT2D eigenvalue weighted by Crippen LogP contribution is -2.18. The van der Waals surface area contributed by atoms with Gasteiger partial charge in [-0.05, 0) is 36.1 Å². The normalized spacial score (nSPS) is 12.1. The van der Waals surface area contributed by atoms with Crippen LogP contribution in [0.3, 0.4) is 0 Å². The number of nitrogens with one attached hydrogen (secondary N) is 1. The fourth-order valence-corrected chi connectivity index (χ4v) is 2.40. The standard InChI is InChI=1S/C18H21NO2/c1-13-5-3-4-6-17(13)14(2)19-12-16-9-7-15(8-10-16)11-18(20)21/h3-10,14,19H,11-12H2,1-2H3,(H,20,21). The molecule has 0 aliphatic rings. The first kappa shape index (κ1) is 15.3. The van der Waals surface area contributed by atoms with E-state index >= 15 is 0 Å². The van der Waals surface area contributed by atoms with Crippen LogP contribution >= 0.6 is 0 Å². The molecule has 0 bridgehead atoms. The zero-order chi connectivity index (χ0) is 15.2. The van der Waals surface area contributed by atoms with E-state index < -0.39 is 5.97 Å². The second-order valence-electron chi connectivity index (χ2n) is 5.35. The number of carboxylic acid groups (broad SMARTS) is 1. The summed E-state index contributed by atoms with van der Waals surface area (Å²) in [6.45, 7) is 5.04. The maximum atomic E-state index is 10.6. The van der Waals surface area contributed by atoms with Crippen LogP contribution < -0.4 is 5.32 Å². The zero-order valence-corrected chi connectivity index (χ0v) is 12.5. The zero-order valence-electron chi connectivity index (χ0n) is 12.5. The summed E-state index contributed by atoms with van der Waals surface area (Å²) in [5.74, 6) is -0.797. The Morgan fingerprint density at radius 1 is 1.10 bits per heavy atom. The van der Waals surface area contributed by atoms with Gasteiger partial charge < -0.3 is 10.4 Å². The van der Waals surface area contributed by atoms with Crippen LogP contribution in [0.25, 0.3) is 0 Å². The third-order valence-corrected chi connectivity index (χ3v) is 3.65. The molecule has 2 aromatic rings. The first-order valence-corrected chi connectivity index (χ1v) is 7.15. The van der Waals surface area contributed by atoms with Crippen molar-refractivity contribution >= 4 is 5.97 Å². The molecular formula is C18H21NO2. The summed E-state index contributed by atoms with van der Waals surface area (Å²) in [5.41, 5.74) is 4.58. The number of aliphatic carboxylic acids is 1. The third kappa shape index (κ3) is 4.43. The van der Waals surface area contributed by atoms with Gasteiger partial charge in [-0.2, -0.15) is 0 Å². The molecule has 0 amide bonds. The van der Waals surface area contributed by atoms with Crippen molar-refractivity contribution in [2.75, 3.05) is 0 Å². The van der Waals surface area contributed by atoms with Crippen LogP contribution in [0.4, 0.5) is 0 Å². The minimum atomic E-state index is -0.797. The Kier molecular flexibility index (Phi) is 5.12. The number of hydrogen-bond donors (Lipinski definition) is 2. The van der Waals surface area contributed by atoms with Gasteiger partial charge in [-0.25, -0.2) is 0 Å². The van der Waals surface area contributed by atoms with Crippen LogP contribution in [0.5, 0.6) is 0 Å². The second kappa shape index (κ2) is 7.04. The first-order chi connectivity index (χ1) is 10.1. The summed E-state index contributed by atoms with van der Waals surface area (Å²) in [6, 6.07) is 16.4. The fourth-order valence-electron chi connectivity index (χ4n) is 2.40. The SMILES string of the molecule is Cc1ccccc1C(C)NCc1ccc(CC(=O)O)cc1. The van der Waals surface area contributed by atoms with Gasteiger partial charge in [0.15, 0.2) is 0 Å². The molecule has 3 heteroatoms. The fraction of sp³-hybridized carbons (Fsp3) is 0.278. The van der Waals surface area contributed by atoms with E-state index in [9.17, 15) is 4.79 Å². The van der Waals surface area contributed by atoms with E-state index in [1.165, 1.54) is 11.1 Å². The lowest BCUT2D eigenvalue weighted by atomic mass is 10.0. The van der Waals surface area contributed by atoms with E-state index in [1.807, 2.05) is 30.3 Å². The number of aryl methyl sites for hydroxylation is 1. The number of rotatable bonds is 6. The molecule has 0 heterocycles. The Morgan fingerprint density at radius 2 is 1.71 bits per heavy atom. The first-order valence-electron chi connectivity index (χ1n) is 7.15. The Labute approximate surface area is 125 Å². The van der Waals surface area contributed by atoms with Crippen LogP contribution in [-0.4, -0.2) is 11.1 Å². The maximum Gasteiger partial charge on any atom is 0.307 e. The van der Waals surface area contributed by atoms with Gasteiger partial charge in [-0.1, -0.05) is 48.5 Å². The van der Waals surface area contributed by atoms with Gasteiger partial charge in [-0.3, -0.25) is 4.79 Å². The summed E-state index contributed by atoms with van der Waals surface area (Å²) in [7, 11) is 0. The minimum absolute atomic E-state index is 0.0767. The average Bonchev–Trinajstić information content (AvgIpc) is 2.46. The lowest BCUT2D eigenvalue weighted by molar-refractivity contribution is -0.136. The molecule has 2 aromatic carbocycles. The van der Waals surface area contributed by atoms with Crippen LogP contribution in [0.2, 0.25) is 0 Å². The van der Waals surface area contributed by atoms with Crippen molar-refractivity contribution in [3.05, 3.63) is 70.8 Å². The van der Waals surface area contributed by atoms with E-state index in [2.05, 4.69) is 37.4 Å².